The largest absolute Gasteiger partial charge is 0.368 e. The van der Waals surface area contributed by atoms with Crippen molar-refractivity contribution < 1.29 is 14.3 Å². The van der Waals surface area contributed by atoms with E-state index in [4.69, 9.17) is 4.74 Å². The molecule has 2 saturated heterocycles. The van der Waals surface area contributed by atoms with Crippen LogP contribution in [0.1, 0.15) is 78.1 Å². The van der Waals surface area contributed by atoms with Gasteiger partial charge in [0, 0.05) is 26.1 Å². The summed E-state index contributed by atoms with van der Waals surface area (Å²) in [6, 6.07) is 0.472. The summed E-state index contributed by atoms with van der Waals surface area (Å²) >= 11 is 0. The van der Waals surface area contributed by atoms with E-state index in [1.54, 1.807) is 6.92 Å². The number of hydrogen-bond acceptors (Lipinski definition) is 3. The van der Waals surface area contributed by atoms with Crippen LogP contribution in [0.15, 0.2) is 0 Å². The van der Waals surface area contributed by atoms with Gasteiger partial charge in [0.1, 0.15) is 6.10 Å². The van der Waals surface area contributed by atoms with Crippen LogP contribution in [-0.4, -0.2) is 59.0 Å². The first-order valence-electron chi connectivity index (χ1n) is 11.3. The molecule has 152 valence electrons. The van der Waals surface area contributed by atoms with Gasteiger partial charge in [-0.2, -0.15) is 0 Å². The molecule has 5 nitrogen and oxygen atoms in total. The molecule has 0 aromatic heterocycles. The van der Waals surface area contributed by atoms with Gasteiger partial charge in [0.2, 0.25) is 5.91 Å². The third kappa shape index (κ3) is 3.76. The lowest BCUT2D eigenvalue weighted by atomic mass is 9.69. The second kappa shape index (κ2) is 8.10. The Morgan fingerprint density at radius 3 is 2.33 bits per heavy atom. The number of carbonyl (C=O) groups is 2. The minimum Gasteiger partial charge on any atom is -0.368 e. The monoisotopic (exact) mass is 376 g/mol. The molecule has 0 N–H and O–H groups in total. The van der Waals surface area contributed by atoms with Crippen molar-refractivity contribution in [1.29, 1.82) is 0 Å². The number of nitrogens with zero attached hydrogens (tertiary/aromatic N) is 2. The lowest BCUT2D eigenvalue weighted by Gasteiger charge is -2.55. The molecular weight excluding hydrogens is 340 g/mol. The Morgan fingerprint density at radius 2 is 1.67 bits per heavy atom. The highest BCUT2D eigenvalue weighted by Gasteiger charge is 2.48. The Balaban J connectivity index is 1.55. The predicted octanol–water partition coefficient (Wildman–Crippen LogP) is 3.36. The molecule has 0 spiro atoms. The average Bonchev–Trinajstić information content (AvgIpc) is 3.21. The fourth-order valence-electron chi connectivity index (χ4n) is 6.45. The van der Waals surface area contributed by atoms with E-state index >= 15 is 0 Å². The van der Waals surface area contributed by atoms with Crippen LogP contribution in [0.2, 0.25) is 0 Å². The molecule has 0 bridgehead atoms. The van der Waals surface area contributed by atoms with Crippen molar-refractivity contribution in [1.82, 2.24) is 9.80 Å². The van der Waals surface area contributed by atoms with Crippen LogP contribution in [0.4, 0.5) is 0 Å². The van der Waals surface area contributed by atoms with Crippen molar-refractivity contribution >= 4 is 11.8 Å². The number of amides is 2. The van der Waals surface area contributed by atoms with Crippen molar-refractivity contribution in [2.24, 2.45) is 11.8 Å². The van der Waals surface area contributed by atoms with Crippen molar-refractivity contribution in [3.05, 3.63) is 0 Å². The van der Waals surface area contributed by atoms with E-state index in [9.17, 15) is 9.59 Å². The quantitative estimate of drug-likeness (QED) is 0.742. The van der Waals surface area contributed by atoms with Gasteiger partial charge >= 0.3 is 0 Å². The smallest absolute Gasteiger partial charge is 0.252 e. The molecule has 0 aromatic rings. The molecule has 2 aliphatic heterocycles. The number of rotatable bonds is 2. The van der Waals surface area contributed by atoms with Crippen LogP contribution < -0.4 is 0 Å². The van der Waals surface area contributed by atoms with Gasteiger partial charge in [0.05, 0.1) is 12.1 Å². The molecule has 2 aliphatic carbocycles. The van der Waals surface area contributed by atoms with Crippen LogP contribution in [0.25, 0.3) is 0 Å². The minimum absolute atomic E-state index is 0.0975. The average molecular weight is 377 g/mol. The van der Waals surface area contributed by atoms with E-state index in [-0.39, 0.29) is 36.0 Å². The molecule has 4 rings (SSSR count). The van der Waals surface area contributed by atoms with Crippen LogP contribution in [0.3, 0.4) is 0 Å². The normalized spacial score (nSPS) is 37.9. The predicted molar refractivity (Wildman–Crippen MR) is 104 cm³/mol. The third-order valence-corrected chi connectivity index (χ3v) is 7.68. The summed E-state index contributed by atoms with van der Waals surface area (Å²) in [4.78, 5) is 29.8. The first-order chi connectivity index (χ1) is 13.1. The van der Waals surface area contributed by atoms with Crippen molar-refractivity contribution in [3.63, 3.8) is 0 Å². The molecule has 4 unspecified atom stereocenters. The first-order valence-corrected chi connectivity index (χ1v) is 11.3. The Kier molecular flexibility index (Phi) is 5.77. The van der Waals surface area contributed by atoms with Gasteiger partial charge < -0.3 is 14.5 Å². The van der Waals surface area contributed by atoms with Gasteiger partial charge in [-0.3, -0.25) is 9.59 Å². The number of fused-ring (bicyclic) bond motifs is 1. The lowest BCUT2D eigenvalue weighted by molar-refractivity contribution is -0.160. The summed E-state index contributed by atoms with van der Waals surface area (Å²) in [7, 11) is 0. The second-order valence-electron chi connectivity index (χ2n) is 9.37. The fraction of sp³-hybridized carbons (Fsp3) is 0.909. The van der Waals surface area contributed by atoms with E-state index in [1.807, 2.05) is 0 Å². The summed E-state index contributed by atoms with van der Waals surface area (Å²) in [6.45, 7) is 5.16. The summed E-state index contributed by atoms with van der Waals surface area (Å²) < 4.78 is 5.73. The van der Waals surface area contributed by atoms with Crippen LogP contribution in [-0.2, 0) is 14.3 Å². The molecule has 2 heterocycles. The zero-order chi connectivity index (χ0) is 19.0. The highest BCUT2D eigenvalue weighted by atomic mass is 16.5. The Hall–Kier alpha value is -1.10. The minimum atomic E-state index is -0.253. The number of carbonyl (C=O) groups excluding carboxylic acids is 2. The maximum absolute atomic E-state index is 13.3. The van der Waals surface area contributed by atoms with Gasteiger partial charge in [-0.1, -0.05) is 32.1 Å². The molecule has 2 saturated carbocycles. The number of piperazine rings is 1. The highest BCUT2D eigenvalue weighted by Crippen LogP contribution is 2.43. The molecular formula is C22H36N2O3. The molecule has 0 aromatic carbocycles. The summed E-state index contributed by atoms with van der Waals surface area (Å²) in [5.41, 5.74) is 0. The van der Waals surface area contributed by atoms with Crippen LogP contribution in [0.5, 0.6) is 0 Å². The van der Waals surface area contributed by atoms with Crippen LogP contribution >= 0.6 is 0 Å². The van der Waals surface area contributed by atoms with Gasteiger partial charge in [-0.15, -0.1) is 0 Å². The van der Waals surface area contributed by atoms with E-state index in [0.29, 0.717) is 19.1 Å². The SMILES string of the molecule is CC(=O)N1C2CCC(C3CCCCC3)CC2N(C(=O)C2CCCO2)C[C@@H]1C. The van der Waals surface area contributed by atoms with Crippen molar-refractivity contribution in [3.8, 4) is 0 Å². The molecule has 4 fully saturated rings. The van der Waals surface area contributed by atoms with Gasteiger partial charge in [0.25, 0.3) is 5.91 Å². The molecule has 0 radical (unpaired) electrons. The zero-order valence-corrected chi connectivity index (χ0v) is 17.1. The molecule has 4 aliphatic rings. The Labute approximate surface area is 163 Å². The summed E-state index contributed by atoms with van der Waals surface area (Å²) in [5.74, 6) is 1.89. The summed E-state index contributed by atoms with van der Waals surface area (Å²) in [6.07, 6.45) is 11.7. The summed E-state index contributed by atoms with van der Waals surface area (Å²) in [5, 5.41) is 0. The Bertz CT molecular complexity index is 554. The van der Waals surface area contributed by atoms with Gasteiger partial charge in [-0.25, -0.2) is 0 Å². The molecule has 27 heavy (non-hydrogen) atoms. The standard InChI is InChI=1S/C22H36N2O3/c1-15-14-23(22(26)21-9-6-12-27-21)20-13-18(17-7-4-3-5-8-17)10-11-19(20)24(15)16(2)25/h15,17-21H,3-14H2,1-2H3/t15-,18?,19?,20?,21?/m0/s1. The lowest BCUT2D eigenvalue weighted by Crippen LogP contribution is -2.68. The fourth-order valence-corrected chi connectivity index (χ4v) is 6.45. The van der Waals surface area contributed by atoms with E-state index < -0.39 is 0 Å². The maximum atomic E-state index is 13.3. The maximum Gasteiger partial charge on any atom is 0.252 e. The molecule has 5 atom stereocenters. The molecule has 2 amide bonds. The van der Waals surface area contributed by atoms with E-state index in [1.165, 1.54) is 38.5 Å². The number of hydrogen-bond donors (Lipinski definition) is 0. The second-order valence-corrected chi connectivity index (χ2v) is 9.37. The third-order valence-electron chi connectivity index (χ3n) is 7.68. The number of ether oxygens (including phenoxy) is 1. The van der Waals surface area contributed by atoms with Crippen LogP contribution in [0, 0.1) is 11.8 Å². The van der Waals surface area contributed by atoms with E-state index in [0.717, 1.165) is 31.6 Å². The van der Waals surface area contributed by atoms with E-state index in [2.05, 4.69) is 16.7 Å². The highest BCUT2D eigenvalue weighted by molar-refractivity contribution is 5.82. The first kappa shape index (κ1) is 19.2. The molecule has 5 heteroatoms. The van der Waals surface area contributed by atoms with Crippen molar-refractivity contribution in [2.75, 3.05) is 13.2 Å². The van der Waals surface area contributed by atoms with Gasteiger partial charge in [-0.05, 0) is 50.9 Å². The van der Waals surface area contributed by atoms with Crippen molar-refractivity contribution in [2.45, 2.75) is 102 Å². The van der Waals surface area contributed by atoms with Gasteiger partial charge in [0.15, 0.2) is 0 Å². The zero-order valence-electron chi connectivity index (χ0n) is 17.1. The Morgan fingerprint density at radius 1 is 0.889 bits per heavy atom. The topological polar surface area (TPSA) is 49.9 Å².